The molecule has 248 valence electrons. The van der Waals surface area contributed by atoms with Gasteiger partial charge in [-0.25, -0.2) is 9.79 Å². The molecule has 0 aliphatic rings. The molecular weight excluding hydrogens is 623 g/mol. The van der Waals surface area contributed by atoms with Gasteiger partial charge in [0.2, 0.25) is 6.08 Å². The molecule has 0 saturated carbocycles. The number of isocyanates is 1. The van der Waals surface area contributed by atoms with E-state index in [1.807, 2.05) is 41.5 Å². The molecule has 0 unspecified atom stereocenters. The first-order valence-corrected chi connectivity index (χ1v) is 21.5. The van der Waals surface area contributed by atoms with E-state index in [0.717, 1.165) is 42.9 Å². The first-order valence-electron chi connectivity index (χ1n) is 14.5. The van der Waals surface area contributed by atoms with E-state index in [1.54, 1.807) is 21.3 Å². The molecule has 0 aliphatic heterocycles. The summed E-state index contributed by atoms with van der Waals surface area (Å²) in [5, 5.41) is 0. The maximum Gasteiger partial charge on any atom is 0.500 e. The smallest absolute Gasteiger partial charge is 0.377 e. The highest BCUT2D eigenvalue weighted by molar-refractivity contribution is 7.80. The molecule has 0 aliphatic carbocycles. The van der Waals surface area contributed by atoms with Crippen LogP contribution in [-0.2, 0) is 44.6 Å². The molecule has 0 atom stereocenters. The Kier molecular flexibility index (Phi) is 35.5. The van der Waals surface area contributed by atoms with E-state index in [4.69, 9.17) is 39.8 Å². The molecule has 0 rings (SSSR count). The van der Waals surface area contributed by atoms with Crippen molar-refractivity contribution in [1.82, 2.24) is 0 Å². The molecule has 0 aromatic heterocycles. The number of hydrogen-bond donors (Lipinski definition) is 2. The van der Waals surface area contributed by atoms with Crippen LogP contribution in [0, 0.1) is 0 Å². The van der Waals surface area contributed by atoms with E-state index in [2.05, 4.69) is 30.2 Å². The molecule has 16 heteroatoms. The lowest BCUT2D eigenvalue weighted by Crippen LogP contribution is -2.46. The Balaban J connectivity index is -0.000000538. The molecule has 0 N–H and O–H groups in total. The van der Waals surface area contributed by atoms with Gasteiger partial charge in [-0.05, 0) is 72.3 Å². The molecule has 0 saturated heterocycles. The Bertz CT molecular complexity index is 566. The van der Waals surface area contributed by atoms with Gasteiger partial charge in [-0.15, -0.1) is 0 Å². The minimum Gasteiger partial charge on any atom is -0.377 e. The Morgan fingerprint density at radius 2 is 0.829 bits per heavy atom. The van der Waals surface area contributed by atoms with Crippen LogP contribution in [0.2, 0.25) is 18.1 Å². The lowest BCUT2D eigenvalue weighted by Gasteiger charge is -2.28. The van der Waals surface area contributed by atoms with Crippen molar-refractivity contribution in [3.63, 3.8) is 0 Å². The number of carbonyl (C=O) groups excluding carboxylic acids is 1. The van der Waals surface area contributed by atoms with Gasteiger partial charge in [-0.1, -0.05) is 0 Å². The highest BCUT2D eigenvalue weighted by atomic mass is 32.1. The predicted octanol–water partition coefficient (Wildman–Crippen LogP) is 5.30. The van der Waals surface area contributed by atoms with Crippen molar-refractivity contribution < 1.29 is 44.6 Å². The fraction of sp³-hybridized carbons (Fsp3) is 0.960. The summed E-state index contributed by atoms with van der Waals surface area (Å²) in [7, 11) is -2.32. The summed E-state index contributed by atoms with van der Waals surface area (Å²) < 4.78 is 49.6. The zero-order chi connectivity index (χ0) is 31.9. The van der Waals surface area contributed by atoms with Crippen molar-refractivity contribution in [2.75, 3.05) is 79.0 Å². The largest absolute Gasteiger partial charge is 0.500 e. The molecule has 0 amide bonds. The van der Waals surface area contributed by atoms with Gasteiger partial charge in [0.05, 0.1) is 6.54 Å². The topological polar surface area (TPSA) is 113 Å². The zero-order valence-electron chi connectivity index (χ0n) is 27.0. The van der Waals surface area contributed by atoms with Gasteiger partial charge in [-0.3, -0.25) is 0 Å². The average Bonchev–Trinajstić information content (AvgIpc) is 2.97. The Labute approximate surface area is 264 Å². The minimum atomic E-state index is -2.54. The summed E-state index contributed by atoms with van der Waals surface area (Å²) in [6.45, 7) is 15.8. The van der Waals surface area contributed by atoms with Crippen molar-refractivity contribution >= 4 is 57.8 Å². The summed E-state index contributed by atoms with van der Waals surface area (Å²) in [6, 6.07) is 2.39. The number of rotatable bonds is 25. The maximum absolute atomic E-state index is 9.93. The van der Waals surface area contributed by atoms with Crippen molar-refractivity contribution in [2.24, 2.45) is 4.99 Å². The average molecular weight is 682 g/mol. The summed E-state index contributed by atoms with van der Waals surface area (Å²) in [4.78, 5) is 13.4. The molecule has 0 aromatic carbocycles. The number of thiol groups is 2. The van der Waals surface area contributed by atoms with Crippen molar-refractivity contribution in [3.05, 3.63) is 0 Å². The first-order chi connectivity index (χ1) is 19.7. The second kappa shape index (κ2) is 31.8. The van der Waals surface area contributed by atoms with Crippen molar-refractivity contribution in [3.8, 4) is 0 Å². The monoisotopic (exact) mass is 681 g/mol. The Hall–Kier alpha value is 0.371. The van der Waals surface area contributed by atoms with E-state index in [-0.39, 0.29) is 0 Å². The molecular formula is C25H59NO10S2Si3. The molecule has 0 spiro atoms. The van der Waals surface area contributed by atoms with Crippen LogP contribution in [0.5, 0.6) is 0 Å². The van der Waals surface area contributed by atoms with Crippen LogP contribution in [0.4, 0.5) is 0 Å². The molecule has 0 heterocycles. The second-order valence-electron chi connectivity index (χ2n) is 7.99. The van der Waals surface area contributed by atoms with Gasteiger partial charge in [0.1, 0.15) is 0 Å². The van der Waals surface area contributed by atoms with Gasteiger partial charge in [0, 0.05) is 79.1 Å². The van der Waals surface area contributed by atoms with E-state index >= 15 is 0 Å². The second-order valence-corrected chi connectivity index (χ2v) is 17.4. The third-order valence-corrected chi connectivity index (χ3v) is 15.0. The van der Waals surface area contributed by atoms with Crippen LogP contribution in [0.3, 0.4) is 0 Å². The standard InChI is InChI=1S/C10H21NO4Si.C9H22O3SSi.C6H16O3SSi/c1-4-13-16(14-5-2,15-6-3)9-7-8-11-10-12;1-4-10-14(11-5-2,12-6-3)9-7-8-13;1-7-11(8-2,9-3)6-4-5-10/h4-9H2,1-3H3;13H,4-9H2,1-3H3;10H,4-6H2,1-3H3. The molecule has 0 radical (unpaired) electrons. The Morgan fingerprint density at radius 1 is 0.537 bits per heavy atom. The molecule has 0 bridgehead atoms. The first kappa shape index (κ1) is 45.8. The number of nitrogens with zero attached hydrogens (tertiary/aromatic N) is 1. The van der Waals surface area contributed by atoms with Crippen LogP contribution in [0.15, 0.2) is 4.99 Å². The highest BCUT2D eigenvalue weighted by Crippen LogP contribution is 2.19. The van der Waals surface area contributed by atoms with E-state index in [1.165, 1.54) is 6.08 Å². The molecule has 41 heavy (non-hydrogen) atoms. The van der Waals surface area contributed by atoms with Crippen LogP contribution in [-0.4, -0.2) is 112 Å². The summed E-state index contributed by atoms with van der Waals surface area (Å²) in [5.74, 6) is 1.69. The third kappa shape index (κ3) is 23.4. The molecule has 0 aromatic rings. The van der Waals surface area contributed by atoms with Crippen LogP contribution in [0.25, 0.3) is 0 Å². The quantitative estimate of drug-likeness (QED) is 0.0433. The minimum absolute atomic E-state index is 0.450. The van der Waals surface area contributed by atoms with Gasteiger partial charge >= 0.3 is 26.4 Å². The highest BCUT2D eigenvalue weighted by Gasteiger charge is 2.40. The van der Waals surface area contributed by atoms with E-state index < -0.39 is 26.4 Å². The van der Waals surface area contributed by atoms with Crippen molar-refractivity contribution in [2.45, 2.75) is 78.9 Å². The van der Waals surface area contributed by atoms with Gasteiger partial charge in [0.25, 0.3) is 0 Å². The number of aliphatic imine (C=N–C) groups is 1. The zero-order valence-corrected chi connectivity index (χ0v) is 31.8. The van der Waals surface area contributed by atoms with Gasteiger partial charge < -0.3 is 39.8 Å². The summed E-state index contributed by atoms with van der Waals surface area (Å²) >= 11 is 8.30. The summed E-state index contributed by atoms with van der Waals surface area (Å²) in [5.41, 5.74) is 0. The molecule has 11 nitrogen and oxygen atoms in total. The molecule has 0 fully saturated rings. The predicted molar refractivity (Wildman–Crippen MR) is 177 cm³/mol. The van der Waals surface area contributed by atoms with Crippen LogP contribution in [0.1, 0.15) is 60.8 Å². The van der Waals surface area contributed by atoms with Crippen molar-refractivity contribution in [1.29, 1.82) is 0 Å². The van der Waals surface area contributed by atoms with Gasteiger partial charge in [-0.2, -0.15) is 25.3 Å². The van der Waals surface area contributed by atoms with Gasteiger partial charge in [0.15, 0.2) is 0 Å². The lowest BCUT2D eigenvalue weighted by molar-refractivity contribution is 0.0703. The fourth-order valence-electron chi connectivity index (χ4n) is 3.57. The van der Waals surface area contributed by atoms with E-state index in [0.29, 0.717) is 52.2 Å². The summed E-state index contributed by atoms with van der Waals surface area (Å²) in [6.07, 6.45) is 4.19. The Morgan fingerprint density at radius 3 is 1.07 bits per heavy atom. The normalized spacial score (nSPS) is 11.7. The SMILES string of the molecule is CCO[Si](CCCN=C=O)(OCC)OCC.CCO[Si](CCCS)(OCC)OCC.CO[Si](CCCS)(OC)OC. The fourth-order valence-corrected chi connectivity index (χ4v) is 11.4. The third-order valence-electron chi connectivity index (χ3n) is 5.22. The lowest BCUT2D eigenvalue weighted by atomic mass is 10.5. The van der Waals surface area contributed by atoms with Crippen LogP contribution < -0.4 is 0 Å². The van der Waals surface area contributed by atoms with E-state index in [9.17, 15) is 4.79 Å². The van der Waals surface area contributed by atoms with Crippen LogP contribution >= 0.6 is 25.3 Å². The maximum atomic E-state index is 9.93. The number of hydrogen-bond acceptors (Lipinski definition) is 13.